The summed E-state index contributed by atoms with van der Waals surface area (Å²) in [6.45, 7) is 4.20. The van der Waals surface area contributed by atoms with Gasteiger partial charge in [0.05, 0.1) is 0 Å². The highest BCUT2D eigenvalue weighted by Gasteiger charge is 2.17. The lowest BCUT2D eigenvalue weighted by Gasteiger charge is -2.12. The minimum atomic E-state index is 0.0679. The fourth-order valence-electron chi connectivity index (χ4n) is 2.32. The Morgan fingerprint density at radius 2 is 2.00 bits per heavy atom. The fraction of sp³-hybridized carbons (Fsp3) is 0.471. The monoisotopic (exact) mass is 317 g/mol. The van der Waals surface area contributed by atoms with Crippen LogP contribution in [0.1, 0.15) is 50.1 Å². The van der Waals surface area contributed by atoms with Gasteiger partial charge in [-0.15, -0.1) is 10.2 Å². The van der Waals surface area contributed by atoms with E-state index < -0.39 is 0 Å². The lowest BCUT2D eigenvalue weighted by Crippen LogP contribution is -2.22. The molecule has 0 radical (unpaired) electrons. The van der Waals surface area contributed by atoms with E-state index in [0.29, 0.717) is 5.13 Å². The smallest absolute Gasteiger partial charge is 0.229 e. The predicted octanol–water partition coefficient (Wildman–Crippen LogP) is 4.28. The highest BCUT2D eigenvalue weighted by Crippen LogP contribution is 2.21. The zero-order valence-corrected chi connectivity index (χ0v) is 14.0. The average molecular weight is 317 g/mol. The van der Waals surface area contributed by atoms with E-state index in [1.54, 1.807) is 0 Å². The lowest BCUT2D eigenvalue weighted by atomic mass is 9.99. The summed E-state index contributed by atoms with van der Waals surface area (Å²) < 4.78 is 0. The Balaban J connectivity index is 1.92. The van der Waals surface area contributed by atoms with Crippen LogP contribution in [-0.2, 0) is 11.2 Å². The second-order valence-electron chi connectivity index (χ2n) is 5.40. The van der Waals surface area contributed by atoms with Crippen molar-refractivity contribution in [2.75, 3.05) is 5.32 Å². The first-order valence-corrected chi connectivity index (χ1v) is 8.71. The number of nitrogens with zero attached hydrogens (tertiary/aromatic N) is 2. The molecular formula is C17H23N3OS. The van der Waals surface area contributed by atoms with Crippen LogP contribution in [0.5, 0.6) is 0 Å². The van der Waals surface area contributed by atoms with Gasteiger partial charge in [-0.05, 0) is 18.4 Å². The summed E-state index contributed by atoms with van der Waals surface area (Å²) >= 11 is 1.45. The van der Waals surface area contributed by atoms with Crippen molar-refractivity contribution in [3.05, 3.63) is 40.9 Å². The van der Waals surface area contributed by atoms with Gasteiger partial charge in [0.1, 0.15) is 5.01 Å². The van der Waals surface area contributed by atoms with Crippen molar-refractivity contribution in [2.45, 2.75) is 46.0 Å². The number of aromatic nitrogens is 2. The van der Waals surface area contributed by atoms with E-state index in [9.17, 15) is 4.79 Å². The van der Waals surface area contributed by atoms with Crippen LogP contribution in [0.3, 0.4) is 0 Å². The van der Waals surface area contributed by atoms with Crippen molar-refractivity contribution in [2.24, 2.45) is 5.92 Å². The molecule has 1 aromatic heterocycles. The predicted molar refractivity (Wildman–Crippen MR) is 91.1 cm³/mol. The van der Waals surface area contributed by atoms with Crippen LogP contribution in [0.4, 0.5) is 5.13 Å². The van der Waals surface area contributed by atoms with Crippen LogP contribution in [0.2, 0.25) is 0 Å². The maximum Gasteiger partial charge on any atom is 0.229 e. The van der Waals surface area contributed by atoms with E-state index in [1.165, 1.54) is 16.9 Å². The third-order valence-electron chi connectivity index (χ3n) is 3.66. The maximum absolute atomic E-state index is 12.2. The first-order chi connectivity index (χ1) is 10.7. The zero-order chi connectivity index (χ0) is 15.8. The number of unbranched alkanes of at least 4 members (excludes halogenated alkanes) is 1. The van der Waals surface area contributed by atoms with Crippen LogP contribution in [-0.4, -0.2) is 16.1 Å². The maximum atomic E-state index is 12.2. The topological polar surface area (TPSA) is 54.9 Å². The summed E-state index contributed by atoms with van der Waals surface area (Å²) in [6.07, 6.45) is 4.75. The molecule has 5 heteroatoms. The normalized spacial score (nSPS) is 12.1. The van der Waals surface area contributed by atoms with E-state index in [1.807, 2.05) is 18.2 Å². The molecule has 0 fully saturated rings. The summed E-state index contributed by atoms with van der Waals surface area (Å²) in [5, 5.41) is 12.7. The Hall–Kier alpha value is -1.75. The van der Waals surface area contributed by atoms with Gasteiger partial charge in [0.2, 0.25) is 11.0 Å². The SMILES string of the molecule is CCCCC(CC)C(=O)Nc1nnc(Cc2ccccc2)s1. The number of amides is 1. The van der Waals surface area contributed by atoms with Gasteiger partial charge in [0, 0.05) is 12.3 Å². The number of carbonyl (C=O) groups excluding carboxylic acids is 1. The Morgan fingerprint density at radius 1 is 1.23 bits per heavy atom. The van der Waals surface area contributed by atoms with Crippen molar-refractivity contribution in [3.63, 3.8) is 0 Å². The molecule has 1 amide bonds. The number of anilines is 1. The first-order valence-electron chi connectivity index (χ1n) is 7.90. The molecule has 4 nitrogen and oxygen atoms in total. The third-order valence-corrected chi connectivity index (χ3v) is 4.50. The van der Waals surface area contributed by atoms with Gasteiger partial charge in [-0.3, -0.25) is 4.79 Å². The Morgan fingerprint density at radius 3 is 2.68 bits per heavy atom. The van der Waals surface area contributed by atoms with Crippen molar-refractivity contribution >= 4 is 22.4 Å². The number of carbonyl (C=O) groups is 1. The van der Waals surface area contributed by atoms with Crippen LogP contribution >= 0.6 is 11.3 Å². The summed E-state index contributed by atoms with van der Waals surface area (Å²) in [6, 6.07) is 10.2. The molecule has 1 unspecified atom stereocenters. The minimum Gasteiger partial charge on any atom is -0.300 e. The van der Waals surface area contributed by atoms with Gasteiger partial charge >= 0.3 is 0 Å². The quantitative estimate of drug-likeness (QED) is 0.790. The van der Waals surface area contributed by atoms with Gasteiger partial charge in [-0.25, -0.2) is 0 Å². The lowest BCUT2D eigenvalue weighted by molar-refractivity contribution is -0.120. The van der Waals surface area contributed by atoms with Gasteiger partial charge in [0.15, 0.2) is 0 Å². The number of nitrogens with one attached hydrogen (secondary N) is 1. The number of hydrogen-bond donors (Lipinski definition) is 1. The minimum absolute atomic E-state index is 0.0679. The summed E-state index contributed by atoms with van der Waals surface area (Å²) in [4.78, 5) is 12.2. The molecule has 1 atom stereocenters. The molecule has 0 aliphatic heterocycles. The third kappa shape index (κ3) is 4.91. The Bertz CT molecular complexity index is 583. The highest BCUT2D eigenvalue weighted by atomic mass is 32.1. The van der Waals surface area contributed by atoms with Gasteiger partial charge in [0.25, 0.3) is 0 Å². The molecule has 2 rings (SSSR count). The fourth-order valence-corrected chi connectivity index (χ4v) is 3.10. The summed E-state index contributed by atoms with van der Waals surface area (Å²) in [7, 11) is 0. The summed E-state index contributed by atoms with van der Waals surface area (Å²) in [5.74, 6) is 0.139. The molecule has 2 aromatic rings. The molecule has 1 N–H and O–H groups in total. The molecule has 0 aliphatic carbocycles. The van der Waals surface area contributed by atoms with Crippen LogP contribution in [0.25, 0.3) is 0 Å². The van der Waals surface area contributed by atoms with Crippen molar-refractivity contribution in [1.29, 1.82) is 0 Å². The van der Waals surface area contributed by atoms with Gasteiger partial charge < -0.3 is 5.32 Å². The van der Waals surface area contributed by atoms with E-state index in [2.05, 4.69) is 41.5 Å². The van der Waals surface area contributed by atoms with E-state index in [0.717, 1.165) is 37.1 Å². The molecule has 1 aromatic carbocycles. The van der Waals surface area contributed by atoms with Crippen molar-refractivity contribution < 1.29 is 4.79 Å². The molecule has 118 valence electrons. The second kappa shape index (κ2) is 8.63. The summed E-state index contributed by atoms with van der Waals surface area (Å²) in [5.41, 5.74) is 1.20. The molecule has 0 bridgehead atoms. The molecule has 0 aliphatic rings. The largest absolute Gasteiger partial charge is 0.300 e. The molecule has 0 saturated carbocycles. The van der Waals surface area contributed by atoms with Gasteiger partial charge in [-0.1, -0.05) is 68.4 Å². The molecule has 0 saturated heterocycles. The van der Waals surface area contributed by atoms with Crippen LogP contribution in [0.15, 0.2) is 30.3 Å². The van der Waals surface area contributed by atoms with Crippen LogP contribution < -0.4 is 5.32 Å². The van der Waals surface area contributed by atoms with Crippen LogP contribution in [0, 0.1) is 5.92 Å². The average Bonchev–Trinajstić information content (AvgIpc) is 2.96. The van der Waals surface area contributed by atoms with Crippen molar-refractivity contribution in [3.8, 4) is 0 Å². The molecule has 1 heterocycles. The zero-order valence-electron chi connectivity index (χ0n) is 13.2. The number of benzene rings is 1. The molecule has 22 heavy (non-hydrogen) atoms. The van der Waals surface area contributed by atoms with Crippen molar-refractivity contribution in [1.82, 2.24) is 10.2 Å². The number of rotatable bonds is 8. The highest BCUT2D eigenvalue weighted by molar-refractivity contribution is 7.15. The second-order valence-corrected chi connectivity index (χ2v) is 6.46. The molecule has 0 spiro atoms. The molecular weight excluding hydrogens is 294 g/mol. The van der Waals surface area contributed by atoms with Gasteiger partial charge in [-0.2, -0.15) is 0 Å². The first kappa shape index (κ1) is 16.6. The van der Waals surface area contributed by atoms with E-state index in [4.69, 9.17) is 0 Å². The van der Waals surface area contributed by atoms with E-state index >= 15 is 0 Å². The standard InChI is InChI=1S/C17H23N3OS/c1-3-5-11-14(4-2)16(21)18-17-20-19-15(22-17)12-13-9-7-6-8-10-13/h6-10,14H,3-5,11-12H2,1-2H3,(H,18,20,21). The van der Waals surface area contributed by atoms with E-state index in [-0.39, 0.29) is 11.8 Å². The Kier molecular flexibility index (Phi) is 6.52. The Labute approximate surface area is 136 Å². The number of hydrogen-bond acceptors (Lipinski definition) is 4.